The van der Waals surface area contributed by atoms with Crippen LogP contribution in [0.5, 0.6) is 0 Å². The topological polar surface area (TPSA) is 55.1 Å². The molecule has 22 heavy (non-hydrogen) atoms. The van der Waals surface area contributed by atoms with E-state index >= 15 is 0 Å². The number of halogens is 1. The van der Waals surface area contributed by atoms with Gasteiger partial charge >= 0.3 is 0 Å². The van der Waals surface area contributed by atoms with Crippen LogP contribution < -0.4 is 5.32 Å². The second kappa shape index (κ2) is 5.23. The van der Waals surface area contributed by atoms with Gasteiger partial charge in [0, 0.05) is 9.86 Å². The van der Waals surface area contributed by atoms with Crippen molar-refractivity contribution in [3.05, 3.63) is 58.8 Å². The number of hydrogen-bond donors (Lipinski definition) is 1. The van der Waals surface area contributed by atoms with Crippen molar-refractivity contribution in [2.75, 3.05) is 5.32 Å². The first-order valence-corrected chi connectivity index (χ1v) is 8.16. The lowest BCUT2D eigenvalue weighted by molar-refractivity contribution is 0.0998. The van der Waals surface area contributed by atoms with Crippen LogP contribution in [0.2, 0.25) is 0 Å². The molecule has 0 spiro atoms. The fraction of sp³-hybridized carbons (Fsp3) is 0. The molecular formula is C16H9BrN2O2S. The monoisotopic (exact) mass is 372 g/mol. The summed E-state index contributed by atoms with van der Waals surface area (Å²) in [4.78, 5) is 16.7. The van der Waals surface area contributed by atoms with Crippen molar-refractivity contribution in [1.29, 1.82) is 0 Å². The van der Waals surface area contributed by atoms with Crippen LogP contribution in [0, 0.1) is 0 Å². The Bertz CT molecular complexity index is 973. The molecule has 0 aliphatic carbocycles. The number of rotatable bonds is 2. The molecule has 108 valence electrons. The zero-order valence-corrected chi connectivity index (χ0v) is 13.6. The molecule has 0 fully saturated rings. The molecule has 0 saturated heterocycles. The van der Waals surface area contributed by atoms with Crippen molar-refractivity contribution in [2.45, 2.75) is 0 Å². The van der Waals surface area contributed by atoms with Crippen LogP contribution in [0.25, 0.3) is 21.2 Å². The Balaban J connectivity index is 1.65. The summed E-state index contributed by atoms with van der Waals surface area (Å²) in [5, 5.41) is 4.23. The molecule has 0 atom stereocenters. The second-order valence-electron chi connectivity index (χ2n) is 4.73. The van der Waals surface area contributed by atoms with E-state index in [0.717, 1.165) is 20.1 Å². The number of amides is 1. The first-order chi connectivity index (χ1) is 10.7. The average Bonchev–Trinajstić information content (AvgIpc) is 3.09. The fourth-order valence-corrected chi connectivity index (χ4v) is 3.45. The number of para-hydroxylation sites is 1. The van der Waals surface area contributed by atoms with Gasteiger partial charge in [0.25, 0.3) is 5.91 Å². The molecule has 0 aliphatic rings. The molecule has 0 unspecified atom stereocenters. The number of carbonyl (C=O) groups is 1. The number of aromatic nitrogens is 1. The number of nitrogens with one attached hydrogen (secondary N) is 1. The second-order valence-corrected chi connectivity index (χ2v) is 6.68. The summed E-state index contributed by atoms with van der Waals surface area (Å²) in [5.41, 5.74) is 1.55. The zero-order valence-electron chi connectivity index (χ0n) is 11.2. The highest BCUT2D eigenvalue weighted by Crippen LogP contribution is 2.27. The third kappa shape index (κ3) is 2.40. The molecule has 1 N–H and O–H groups in total. The first-order valence-electron chi connectivity index (χ1n) is 6.55. The van der Waals surface area contributed by atoms with Crippen LogP contribution in [0.1, 0.15) is 10.6 Å². The van der Waals surface area contributed by atoms with Crippen LogP contribution in [-0.4, -0.2) is 10.9 Å². The predicted molar refractivity (Wildman–Crippen MR) is 91.5 cm³/mol. The molecular weight excluding hydrogens is 364 g/mol. The number of thiazole rings is 1. The Kier molecular flexibility index (Phi) is 3.20. The molecule has 2 aromatic heterocycles. The highest BCUT2D eigenvalue weighted by atomic mass is 79.9. The summed E-state index contributed by atoms with van der Waals surface area (Å²) in [7, 11) is 0. The quantitative estimate of drug-likeness (QED) is 0.535. The summed E-state index contributed by atoms with van der Waals surface area (Å²) in [6, 6.07) is 15.1. The SMILES string of the molecule is O=C(Nc1nc2ccccc2s1)c1cc2cc(Br)ccc2o1. The lowest BCUT2D eigenvalue weighted by atomic mass is 10.2. The number of benzene rings is 2. The normalized spacial score (nSPS) is 11.1. The molecule has 0 saturated carbocycles. The van der Waals surface area contributed by atoms with Gasteiger partial charge in [0.2, 0.25) is 0 Å². The van der Waals surface area contributed by atoms with Crippen molar-refractivity contribution in [1.82, 2.24) is 4.98 Å². The van der Waals surface area contributed by atoms with Crippen LogP contribution in [0.15, 0.2) is 57.4 Å². The van der Waals surface area contributed by atoms with Gasteiger partial charge in [-0.2, -0.15) is 0 Å². The summed E-state index contributed by atoms with van der Waals surface area (Å²) in [6.45, 7) is 0. The summed E-state index contributed by atoms with van der Waals surface area (Å²) in [5.74, 6) is -0.0289. The fourth-order valence-electron chi connectivity index (χ4n) is 2.21. The lowest BCUT2D eigenvalue weighted by Crippen LogP contribution is -2.10. The maximum Gasteiger partial charge on any atom is 0.293 e. The van der Waals surface area contributed by atoms with E-state index in [4.69, 9.17) is 4.42 Å². The van der Waals surface area contributed by atoms with Crippen molar-refractivity contribution in [2.24, 2.45) is 0 Å². The van der Waals surface area contributed by atoms with Gasteiger partial charge in [-0.3, -0.25) is 10.1 Å². The van der Waals surface area contributed by atoms with Crippen molar-refractivity contribution in [3.63, 3.8) is 0 Å². The Hall–Kier alpha value is -2.18. The number of furan rings is 1. The van der Waals surface area contributed by atoms with E-state index in [1.807, 2.05) is 42.5 Å². The summed E-state index contributed by atoms with van der Waals surface area (Å²) < 4.78 is 7.55. The van der Waals surface area contributed by atoms with Crippen molar-refractivity contribution < 1.29 is 9.21 Å². The van der Waals surface area contributed by atoms with Crippen LogP contribution >= 0.6 is 27.3 Å². The molecule has 1 amide bonds. The minimum absolute atomic E-state index is 0.271. The molecule has 0 bridgehead atoms. The highest BCUT2D eigenvalue weighted by molar-refractivity contribution is 9.10. The van der Waals surface area contributed by atoms with Gasteiger partial charge in [0.15, 0.2) is 10.9 Å². The van der Waals surface area contributed by atoms with Gasteiger partial charge in [0.1, 0.15) is 5.58 Å². The molecule has 4 nitrogen and oxygen atoms in total. The number of nitrogens with zero attached hydrogens (tertiary/aromatic N) is 1. The Labute approximate surface area is 137 Å². The molecule has 0 radical (unpaired) electrons. The number of anilines is 1. The van der Waals surface area contributed by atoms with E-state index < -0.39 is 0 Å². The number of hydrogen-bond acceptors (Lipinski definition) is 4. The Morgan fingerprint density at radius 1 is 1.18 bits per heavy atom. The largest absolute Gasteiger partial charge is 0.451 e. The van der Waals surface area contributed by atoms with Crippen LogP contribution in [0.3, 0.4) is 0 Å². The molecule has 4 aromatic rings. The van der Waals surface area contributed by atoms with Gasteiger partial charge in [0.05, 0.1) is 10.2 Å². The van der Waals surface area contributed by atoms with E-state index in [2.05, 4.69) is 26.2 Å². The van der Waals surface area contributed by atoms with Crippen molar-refractivity contribution >= 4 is 59.5 Å². The van der Waals surface area contributed by atoms with E-state index in [1.54, 1.807) is 6.07 Å². The van der Waals surface area contributed by atoms with Crippen molar-refractivity contribution in [3.8, 4) is 0 Å². The third-order valence-electron chi connectivity index (χ3n) is 3.22. The minimum atomic E-state index is -0.300. The maximum atomic E-state index is 12.3. The Morgan fingerprint density at radius 3 is 2.91 bits per heavy atom. The smallest absolute Gasteiger partial charge is 0.293 e. The zero-order chi connectivity index (χ0) is 15.1. The average molecular weight is 373 g/mol. The van der Waals surface area contributed by atoms with Gasteiger partial charge in [-0.25, -0.2) is 4.98 Å². The third-order valence-corrected chi connectivity index (χ3v) is 4.66. The molecule has 6 heteroatoms. The summed E-state index contributed by atoms with van der Waals surface area (Å²) in [6.07, 6.45) is 0. The lowest BCUT2D eigenvalue weighted by Gasteiger charge is -1.96. The van der Waals surface area contributed by atoms with E-state index in [-0.39, 0.29) is 11.7 Å². The van der Waals surface area contributed by atoms with Gasteiger partial charge < -0.3 is 4.42 Å². The van der Waals surface area contributed by atoms with E-state index in [1.165, 1.54) is 11.3 Å². The van der Waals surface area contributed by atoms with Gasteiger partial charge in [-0.15, -0.1) is 0 Å². The Morgan fingerprint density at radius 2 is 2.05 bits per heavy atom. The number of fused-ring (bicyclic) bond motifs is 2. The van der Waals surface area contributed by atoms with Gasteiger partial charge in [-0.05, 0) is 36.4 Å². The summed E-state index contributed by atoms with van der Waals surface area (Å²) >= 11 is 4.84. The highest BCUT2D eigenvalue weighted by Gasteiger charge is 2.14. The first kappa shape index (κ1) is 13.5. The van der Waals surface area contributed by atoms with Gasteiger partial charge in [-0.1, -0.05) is 39.4 Å². The predicted octanol–water partition coefficient (Wildman–Crippen LogP) is 5.06. The minimum Gasteiger partial charge on any atom is -0.451 e. The van der Waals surface area contributed by atoms with E-state index in [0.29, 0.717) is 10.7 Å². The van der Waals surface area contributed by atoms with Crippen LogP contribution in [-0.2, 0) is 0 Å². The maximum absolute atomic E-state index is 12.3. The molecule has 2 heterocycles. The standard InChI is InChI=1S/C16H9BrN2O2S/c17-10-5-6-12-9(7-10)8-13(21-12)15(20)19-16-18-11-3-1-2-4-14(11)22-16/h1-8H,(H,18,19,20). The molecule has 4 rings (SSSR count). The van der Waals surface area contributed by atoms with Crippen LogP contribution in [0.4, 0.5) is 5.13 Å². The molecule has 2 aromatic carbocycles. The van der Waals surface area contributed by atoms with E-state index in [9.17, 15) is 4.79 Å². The number of carbonyl (C=O) groups excluding carboxylic acids is 1. The molecule has 0 aliphatic heterocycles.